The number of nitrogens with two attached hydrogens (primary N) is 1. The highest BCUT2D eigenvalue weighted by molar-refractivity contribution is 6.38. The molecule has 0 amide bonds. The van der Waals surface area contributed by atoms with Gasteiger partial charge in [0.15, 0.2) is 11.5 Å². The Kier molecular flexibility index (Phi) is 4.25. The minimum absolute atomic E-state index is 0.166. The van der Waals surface area contributed by atoms with Crippen LogP contribution >= 0.6 is 11.6 Å². The molecule has 2 aliphatic rings. The number of aromatic amines is 1. The van der Waals surface area contributed by atoms with Gasteiger partial charge in [0.2, 0.25) is 0 Å². The molecule has 4 aromatic rings. The number of nitrogens with one attached hydrogen (secondary N) is 1. The number of aromatic nitrogens is 5. The predicted octanol–water partition coefficient (Wildman–Crippen LogP) is 3.12. The molecule has 1 unspecified atom stereocenters. The zero-order valence-corrected chi connectivity index (χ0v) is 18.0. The van der Waals surface area contributed by atoms with Crippen LogP contribution in [0.25, 0.3) is 33.2 Å². The number of nitrogens with zero attached hydrogens (tertiary/aromatic N) is 5. The van der Waals surface area contributed by atoms with E-state index in [0.29, 0.717) is 34.0 Å². The quantitative estimate of drug-likeness (QED) is 0.454. The number of aliphatic hydroxyl groups is 1. The molecule has 160 valence electrons. The van der Waals surface area contributed by atoms with Crippen LogP contribution in [0, 0.1) is 0 Å². The smallest absolute Gasteiger partial charge is 0.159 e. The molecule has 2 aliphatic heterocycles. The molecule has 4 N–H and O–H groups in total. The summed E-state index contributed by atoms with van der Waals surface area (Å²) in [4.78, 5) is 15.4. The number of benzene rings is 1. The van der Waals surface area contributed by atoms with E-state index in [1.807, 2.05) is 31.6 Å². The predicted molar refractivity (Wildman–Crippen MR) is 121 cm³/mol. The lowest BCUT2D eigenvalue weighted by atomic mass is 9.98. The fraction of sp³-hybridized carbons (Fsp3) is 0.409. The average Bonchev–Trinajstić information content (AvgIpc) is 3.41. The van der Waals surface area contributed by atoms with E-state index in [1.165, 1.54) is 0 Å². The number of piperidine rings is 1. The van der Waals surface area contributed by atoms with E-state index in [-0.39, 0.29) is 12.6 Å². The molecular weight excluding hydrogens is 414 g/mol. The Bertz CT molecular complexity index is 1300. The number of rotatable bonds is 3. The second kappa shape index (κ2) is 6.91. The third kappa shape index (κ3) is 2.86. The lowest BCUT2D eigenvalue weighted by Crippen LogP contribution is -2.48. The standard InChI is InChI=1S/C22H24ClN7O/c1-29-9-16-17(28-29)5-4-14(19(16)23)15-8-25-21-20(15)26-18(10-31)22(27-21)30-12-2-3-13(30)7-11(24)6-12/h4-5,8-9,11-13,31H,2-3,6-7,10,24H2,1H3,(H,25,27)/t11?,12-,13+. The number of aliphatic hydroxyl groups excluding tert-OH is 1. The summed E-state index contributed by atoms with van der Waals surface area (Å²) >= 11 is 6.75. The summed E-state index contributed by atoms with van der Waals surface area (Å²) in [6, 6.07) is 4.88. The van der Waals surface area contributed by atoms with Gasteiger partial charge >= 0.3 is 0 Å². The van der Waals surface area contributed by atoms with Crippen molar-refractivity contribution in [2.45, 2.75) is 50.4 Å². The summed E-state index contributed by atoms with van der Waals surface area (Å²) in [6.45, 7) is -0.166. The summed E-state index contributed by atoms with van der Waals surface area (Å²) in [5.74, 6) is 0.775. The minimum atomic E-state index is -0.166. The van der Waals surface area contributed by atoms with Crippen molar-refractivity contribution in [2.24, 2.45) is 12.8 Å². The first-order valence-electron chi connectivity index (χ1n) is 10.7. The number of H-pyrrole nitrogens is 1. The number of halogens is 1. The van der Waals surface area contributed by atoms with E-state index in [2.05, 4.69) is 15.0 Å². The topological polar surface area (TPSA) is 109 Å². The number of hydrogen-bond acceptors (Lipinski definition) is 6. The summed E-state index contributed by atoms with van der Waals surface area (Å²) in [7, 11) is 1.88. The Morgan fingerprint density at radius 1 is 1.19 bits per heavy atom. The van der Waals surface area contributed by atoms with E-state index in [4.69, 9.17) is 27.3 Å². The molecule has 8 nitrogen and oxygen atoms in total. The first kappa shape index (κ1) is 19.0. The van der Waals surface area contributed by atoms with E-state index >= 15 is 0 Å². The summed E-state index contributed by atoms with van der Waals surface area (Å²) in [6.07, 6.45) is 7.93. The molecule has 2 bridgehead atoms. The second-order valence-corrected chi connectivity index (χ2v) is 9.12. The number of fused-ring (bicyclic) bond motifs is 4. The number of aryl methyl sites for hydroxylation is 1. The second-order valence-electron chi connectivity index (χ2n) is 8.74. The molecule has 31 heavy (non-hydrogen) atoms. The Hall–Kier alpha value is -2.68. The van der Waals surface area contributed by atoms with Crippen molar-refractivity contribution in [1.82, 2.24) is 24.7 Å². The Morgan fingerprint density at radius 2 is 1.97 bits per heavy atom. The van der Waals surface area contributed by atoms with Crippen LogP contribution in [-0.2, 0) is 13.7 Å². The van der Waals surface area contributed by atoms with Crippen LogP contribution in [0.15, 0.2) is 24.5 Å². The Balaban J connectivity index is 1.49. The fourth-order valence-corrected chi connectivity index (χ4v) is 5.74. The van der Waals surface area contributed by atoms with Crippen molar-refractivity contribution < 1.29 is 5.11 Å². The molecule has 3 aromatic heterocycles. The Labute approximate surface area is 184 Å². The van der Waals surface area contributed by atoms with Crippen molar-refractivity contribution >= 4 is 39.5 Å². The SMILES string of the molecule is Cn1cc2c(Cl)c(-c3c[nH]c4nc(N5[C@@H]6CC[C@H]5CC(N)C6)c(CO)nc34)ccc2n1. The highest BCUT2D eigenvalue weighted by Gasteiger charge is 2.41. The first-order chi connectivity index (χ1) is 15.0. The third-order valence-electron chi connectivity index (χ3n) is 6.75. The molecular formula is C22H24ClN7O. The van der Waals surface area contributed by atoms with Gasteiger partial charge in [-0.25, -0.2) is 9.97 Å². The highest BCUT2D eigenvalue weighted by atomic mass is 35.5. The van der Waals surface area contributed by atoms with Crippen molar-refractivity contribution in [3.8, 4) is 11.1 Å². The van der Waals surface area contributed by atoms with Crippen molar-refractivity contribution in [3.05, 3.63) is 35.2 Å². The maximum absolute atomic E-state index is 10.1. The lowest BCUT2D eigenvalue weighted by Gasteiger charge is -2.39. The van der Waals surface area contributed by atoms with Crippen LogP contribution in [0.2, 0.25) is 5.02 Å². The molecule has 1 aromatic carbocycles. The van der Waals surface area contributed by atoms with Gasteiger partial charge in [-0.15, -0.1) is 0 Å². The third-order valence-corrected chi connectivity index (χ3v) is 7.15. The maximum Gasteiger partial charge on any atom is 0.159 e. The van der Waals surface area contributed by atoms with Crippen molar-refractivity contribution in [1.29, 1.82) is 0 Å². The largest absolute Gasteiger partial charge is 0.390 e. The molecule has 0 spiro atoms. The molecule has 0 radical (unpaired) electrons. The van der Waals surface area contributed by atoms with Crippen LogP contribution in [-0.4, -0.2) is 48.0 Å². The van der Waals surface area contributed by atoms with Gasteiger partial charge < -0.3 is 20.7 Å². The zero-order chi connectivity index (χ0) is 21.3. The molecule has 9 heteroatoms. The van der Waals surface area contributed by atoms with Crippen molar-refractivity contribution in [2.75, 3.05) is 4.90 Å². The van der Waals surface area contributed by atoms with Gasteiger partial charge in [0.1, 0.15) is 11.2 Å². The summed E-state index contributed by atoms with van der Waals surface area (Å²) in [5.41, 5.74) is 10.8. The van der Waals surface area contributed by atoms with Gasteiger partial charge in [-0.3, -0.25) is 4.68 Å². The monoisotopic (exact) mass is 437 g/mol. The molecule has 0 aliphatic carbocycles. The van der Waals surface area contributed by atoms with Gasteiger partial charge in [-0.05, 0) is 31.7 Å². The van der Waals surface area contributed by atoms with Crippen LogP contribution in [0.3, 0.4) is 0 Å². The van der Waals surface area contributed by atoms with E-state index < -0.39 is 0 Å². The zero-order valence-electron chi connectivity index (χ0n) is 17.2. The van der Waals surface area contributed by atoms with Crippen LogP contribution < -0.4 is 10.6 Å². The summed E-state index contributed by atoms with van der Waals surface area (Å²) < 4.78 is 1.75. The van der Waals surface area contributed by atoms with Gasteiger partial charge in [0.05, 0.1) is 17.1 Å². The molecule has 3 atom stereocenters. The molecule has 0 saturated carbocycles. The van der Waals surface area contributed by atoms with Gasteiger partial charge in [-0.1, -0.05) is 17.7 Å². The van der Waals surface area contributed by atoms with Gasteiger partial charge in [0, 0.05) is 54.1 Å². The highest BCUT2D eigenvalue weighted by Crippen LogP contribution is 2.41. The average molecular weight is 438 g/mol. The molecule has 5 heterocycles. The van der Waals surface area contributed by atoms with Crippen molar-refractivity contribution in [3.63, 3.8) is 0 Å². The summed E-state index contributed by atoms with van der Waals surface area (Å²) in [5, 5.41) is 16.1. The number of hydrogen-bond donors (Lipinski definition) is 3. The molecule has 2 fully saturated rings. The molecule has 6 rings (SSSR count). The van der Waals surface area contributed by atoms with Crippen LogP contribution in [0.1, 0.15) is 31.4 Å². The Morgan fingerprint density at radius 3 is 2.71 bits per heavy atom. The maximum atomic E-state index is 10.1. The first-order valence-corrected chi connectivity index (χ1v) is 11.1. The van der Waals surface area contributed by atoms with Crippen LogP contribution in [0.5, 0.6) is 0 Å². The molecule has 2 saturated heterocycles. The van der Waals surface area contributed by atoms with E-state index in [9.17, 15) is 5.11 Å². The van der Waals surface area contributed by atoms with Gasteiger partial charge in [0.25, 0.3) is 0 Å². The normalized spacial score (nSPS) is 23.4. The fourth-order valence-electron chi connectivity index (χ4n) is 5.43. The van der Waals surface area contributed by atoms with Gasteiger partial charge in [-0.2, -0.15) is 5.10 Å². The minimum Gasteiger partial charge on any atom is -0.390 e. The lowest BCUT2D eigenvalue weighted by molar-refractivity contribution is 0.276. The van der Waals surface area contributed by atoms with Crippen LogP contribution in [0.4, 0.5) is 5.82 Å². The van der Waals surface area contributed by atoms with E-state index in [0.717, 1.165) is 53.5 Å². The number of anilines is 1. The van der Waals surface area contributed by atoms with E-state index in [1.54, 1.807) is 4.68 Å².